The molecule has 2 saturated carbocycles. The predicted molar refractivity (Wildman–Crippen MR) is 92.4 cm³/mol. The van der Waals surface area contributed by atoms with E-state index in [0.717, 1.165) is 25.0 Å². The molecule has 0 spiro atoms. The van der Waals surface area contributed by atoms with Gasteiger partial charge in [-0.2, -0.15) is 18.4 Å². The van der Waals surface area contributed by atoms with Gasteiger partial charge in [-0.25, -0.2) is 0 Å². The van der Waals surface area contributed by atoms with E-state index in [2.05, 4.69) is 0 Å². The van der Waals surface area contributed by atoms with Gasteiger partial charge >= 0.3 is 6.18 Å². The van der Waals surface area contributed by atoms with Crippen molar-refractivity contribution in [1.29, 1.82) is 5.26 Å². The first-order chi connectivity index (χ1) is 12.0. The van der Waals surface area contributed by atoms with Crippen molar-refractivity contribution >= 4 is 16.5 Å². The van der Waals surface area contributed by atoms with Crippen LogP contribution in [0.1, 0.15) is 30.9 Å². The van der Waals surface area contributed by atoms with E-state index >= 15 is 0 Å². The summed E-state index contributed by atoms with van der Waals surface area (Å²) in [5.41, 5.74) is 4.71. The summed E-state index contributed by atoms with van der Waals surface area (Å²) in [6.45, 7) is 2.10. The summed E-state index contributed by atoms with van der Waals surface area (Å²) in [6.07, 6.45) is -3.03. The molecule has 1 aromatic carbocycles. The van der Waals surface area contributed by atoms with Crippen molar-refractivity contribution in [3.63, 3.8) is 0 Å². The normalized spacial score (nSPS) is 38.9. The van der Waals surface area contributed by atoms with Crippen molar-refractivity contribution in [3.05, 3.63) is 29.3 Å². The molecule has 1 aliphatic heterocycles. The minimum Gasteiger partial charge on any atom is -0.327 e. The Bertz CT molecular complexity index is 809. The molecule has 4 rings (SSSR count). The smallest absolute Gasteiger partial charge is 0.327 e. The third-order valence-electron chi connectivity index (χ3n) is 6.67. The molecular formula is C17H20F3N3O2S. The Labute approximate surface area is 151 Å². The topological polar surface area (TPSA) is 93.5 Å². The number of hydrogen-bond acceptors (Lipinski definition) is 5. The first-order valence-electron chi connectivity index (χ1n) is 8.44. The Morgan fingerprint density at radius 3 is 2.62 bits per heavy atom. The second-order valence-electron chi connectivity index (χ2n) is 7.71. The lowest BCUT2D eigenvalue weighted by Gasteiger charge is -2.52. The lowest BCUT2D eigenvalue weighted by atomic mass is 9.77. The number of fused-ring (bicyclic) bond motifs is 5. The van der Waals surface area contributed by atoms with Gasteiger partial charge in [-0.05, 0) is 49.8 Å². The highest BCUT2D eigenvalue weighted by Crippen LogP contribution is 2.75. The Balaban J connectivity index is 1.78. The quantitative estimate of drug-likeness (QED) is 0.681. The largest absolute Gasteiger partial charge is 0.417 e. The van der Waals surface area contributed by atoms with Gasteiger partial charge in [0, 0.05) is 18.5 Å². The van der Waals surface area contributed by atoms with Gasteiger partial charge in [-0.15, -0.1) is 10.8 Å². The summed E-state index contributed by atoms with van der Waals surface area (Å²) < 4.78 is 62.5. The van der Waals surface area contributed by atoms with Gasteiger partial charge in [0.15, 0.2) is 0 Å². The van der Waals surface area contributed by atoms with E-state index in [0.29, 0.717) is 0 Å². The van der Waals surface area contributed by atoms with Gasteiger partial charge in [0.1, 0.15) is 0 Å². The van der Waals surface area contributed by atoms with Gasteiger partial charge in [0.2, 0.25) is 0 Å². The monoisotopic (exact) mass is 387 g/mol. The van der Waals surface area contributed by atoms with Crippen LogP contribution in [0.4, 0.5) is 18.9 Å². The Kier molecular flexibility index (Phi) is 3.64. The zero-order valence-electron chi connectivity index (χ0n) is 14.1. The molecule has 0 aromatic heterocycles. The van der Waals surface area contributed by atoms with Crippen molar-refractivity contribution < 1.29 is 22.3 Å². The van der Waals surface area contributed by atoms with Crippen LogP contribution in [0.5, 0.6) is 0 Å². The van der Waals surface area contributed by atoms with Crippen LogP contribution < -0.4 is 10.0 Å². The molecule has 3 aliphatic rings. The molecule has 5 nitrogen and oxygen atoms in total. The van der Waals surface area contributed by atoms with E-state index in [1.807, 2.05) is 6.92 Å². The zero-order valence-corrected chi connectivity index (χ0v) is 14.9. The highest BCUT2D eigenvalue weighted by Gasteiger charge is 2.69. The van der Waals surface area contributed by atoms with Gasteiger partial charge in [-0.3, -0.25) is 13.4 Å². The lowest BCUT2D eigenvalue weighted by Crippen LogP contribution is -2.49. The maximum atomic E-state index is 13.3. The van der Waals surface area contributed by atoms with E-state index in [-0.39, 0.29) is 36.0 Å². The minimum absolute atomic E-state index is 0.0118. The highest BCUT2D eigenvalue weighted by molar-refractivity contribution is 8.26. The number of anilines is 1. The van der Waals surface area contributed by atoms with Crippen molar-refractivity contribution in [1.82, 2.24) is 0 Å². The molecule has 5 atom stereocenters. The zero-order chi connectivity index (χ0) is 19.1. The molecule has 2 bridgehead atoms. The summed E-state index contributed by atoms with van der Waals surface area (Å²) in [5, 5.41) is 8.95. The Morgan fingerprint density at radius 2 is 2.00 bits per heavy atom. The van der Waals surface area contributed by atoms with Gasteiger partial charge in [0.25, 0.3) is 0 Å². The fraction of sp³-hybridized carbons (Fsp3) is 0.588. The van der Waals surface area contributed by atoms with E-state index in [1.165, 1.54) is 10.4 Å². The van der Waals surface area contributed by atoms with E-state index < -0.39 is 32.8 Å². The summed E-state index contributed by atoms with van der Waals surface area (Å²) >= 11 is 0. The molecule has 0 amide bonds. The van der Waals surface area contributed by atoms with Gasteiger partial charge in [-0.1, -0.05) is 0 Å². The molecule has 26 heavy (non-hydrogen) atoms. The Hall–Kier alpha value is -1.47. The van der Waals surface area contributed by atoms with E-state index in [4.69, 9.17) is 11.0 Å². The van der Waals surface area contributed by atoms with Gasteiger partial charge in [0.05, 0.1) is 27.6 Å². The standard InChI is InChI=1S/C17H20F3N3O2S/c1-16-13-4-10(5-15(13)22)14(16)8-23(26(16,24)25)11-3-2-9(7-21)12(6-11)17(18,19)20/h2-3,6,10,13-15,24-25H,4-5,8,22H2,1H3/t10-,13+,14+,15+,16-/m1/s1. The number of nitrogens with two attached hydrogens (primary N) is 1. The van der Waals surface area contributed by atoms with Crippen molar-refractivity contribution in [2.24, 2.45) is 23.5 Å². The predicted octanol–water partition coefficient (Wildman–Crippen LogP) is 3.80. The lowest BCUT2D eigenvalue weighted by molar-refractivity contribution is -0.137. The molecule has 9 heteroatoms. The third kappa shape index (κ3) is 2.10. The average Bonchev–Trinajstić information content (AvgIpc) is 3.13. The number of hydrogen-bond donors (Lipinski definition) is 3. The van der Waals surface area contributed by atoms with Gasteiger partial charge < -0.3 is 5.73 Å². The molecular weight excluding hydrogens is 367 g/mol. The SMILES string of the molecule is C[C@@]12[C@@H](CN(c3ccc(C#N)c(C(F)(F)F)c3)S1(O)O)[C@H]1C[C@H](N)[C@@H]2C1. The maximum absolute atomic E-state index is 13.3. The molecule has 4 N–H and O–H groups in total. The molecule has 3 fully saturated rings. The number of alkyl halides is 3. The number of nitriles is 1. The third-order valence-corrected chi connectivity index (χ3v) is 9.43. The van der Waals surface area contributed by atoms with E-state index in [9.17, 15) is 22.3 Å². The number of nitrogens with zero attached hydrogens (tertiary/aromatic N) is 2. The van der Waals surface area contributed by atoms with Crippen molar-refractivity contribution in [2.75, 3.05) is 10.8 Å². The molecule has 2 aliphatic carbocycles. The fourth-order valence-corrected chi connectivity index (χ4v) is 7.97. The molecule has 0 unspecified atom stereocenters. The number of benzene rings is 1. The molecule has 1 heterocycles. The second kappa shape index (κ2) is 5.29. The van der Waals surface area contributed by atoms with Crippen LogP contribution in [-0.4, -0.2) is 26.4 Å². The summed E-state index contributed by atoms with van der Waals surface area (Å²) in [6, 6.07) is 4.72. The molecule has 1 aromatic rings. The van der Waals surface area contributed by atoms with Crippen LogP contribution in [0.15, 0.2) is 18.2 Å². The molecule has 1 saturated heterocycles. The first-order valence-corrected chi connectivity index (χ1v) is 9.94. The average molecular weight is 387 g/mol. The minimum atomic E-state index is -4.69. The molecule has 142 valence electrons. The Morgan fingerprint density at radius 1 is 1.31 bits per heavy atom. The summed E-state index contributed by atoms with van der Waals surface area (Å²) in [7, 11) is -3.36. The highest BCUT2D eigenvalue weighted by atomic mass is 32.3. The van der Waals surface area contributed by atoms with Crippen molar-refractivity contribution in [3.8, 4) is 6.07 Å². The summed E-state index contributed by atoms with van der Waals surface area (Å²) in [5.74, 6) is 0.201. The molecule has 0 radical (unpaired) electrons. The second-order valence-corrected chi connectivity index (χ2v) is 10.1. The van der Waals surface area contributed by atoms with Crippen LogP contribution in [0.2, 0.25) is 0 Å². The van der Waals surface area contributed by atoms with Crippen LogP contribution in [-0.2, 0) is 6.18 Å². The van der Waals surface area contributed by atoms with E-state index in [1.54, 1.807) is 6.07 Å². The maximum Gasteiger partial charge on any atom is 0.417 e. The fourth-order valence-electron chi connectivity index (χ4n) is 5.37. The van der Waals surface area contributed by atoms with Crippen LogP contribution in [0.25, 0.3) is 0 Å². The summed E-state index contributed by atoms with van der Waals surface area (Å²) in [4.78, 5) is 0. The van der Waals surface area contributed by atoms with Crippen molar-refractivity contribution in [2.45, 2.75) is 36.7 Å². The number of halogens is 3. The van der Waals surface area contributed by atoms with Crippen LogP contribution in [0, 0.1) is 29.1 Å². The van der Waals surface area contributed by atoms with Crippen LogP contribution >= 0.6 is 10.8 Å². The number of rotatable bonds is 1. The first kappa shape index (κ1) is 17.9. The van der Waals surface area contributed by atoms with Crippen LogP contribution in [0.3, 0.4) is 0 Å².